The fourth-order valence-electron chi connectivity index (χ4n) is 2.57. The Balaban J connectivity index is 1.67. The van der Waals surface area contributed by atoms with E-state index in [0.717, 1.165) is 44.6 Å². The van der Waals surface area contributed by atoms with Crippen LogP contribution in [0.4, 0.5) is 0 Å². The molecule has 0 spiro atoms. The van der Waals surface area contributed by atoms with Crippen molar-refractivity contribution in [3.63, 3.8) is 0 Å². The number of imidazole rings is 1. The fourth-order valence-corrected chi connectivity index (χ4v) is 2.57. The maximum atomic E-state index is 10.8. The van der Waals surface area contributed by atoms with Crippen LogP contribution < -0.4 is 5.32 Å². The van der Waals surface area contributed by atoms with Gasteiger partial charge in [-0.15, -0.1) is 0 Å². The van der Waals surface area contributed by atoms with Gasteiger partial charge in [-0.05, 0) is 32.6 Å². The first-order valence-electron chi connectivity index (χ1n) is 6.60. The number of carbonyl (C=O) groups is 1. The maximum absolute atomic E-state index is 10.8. The molecule has 1 saturated carbocycles. The molecule has 1 aliphatic rings. The van der Waals surface area contributed by atoms with Crippen LogP contribution in [-0.2, 0) is 11.3 Å². The summed E-state index contributed by atoms with van der Waals surface area (Å²) in [6, 6.07) is 0.476. The number of hydrogen-bond acceptors (Lipinski definition) is 3. The molecule has 0 bridgehead atoms. The first-order chi connectivity index (χ1) is 8.66. The fraction of sp³-hybridized carbons (Fsp3) is 0.692. The molecule has 0 radical (unpaired) electrons. The van der Waals surface area contributed by atoms with Crippen LogP contribution in [0.25, 0.3) is 0 Å². The normalized spacial score (nSPS) is 24.1. The zero-order valence-electron chi connectivity index (χ0n) is 10.8. The molecule has 0 atom stereocenters. The molecule has 2 N–H and O–H groups in total. The molecule has 2 rings (SSSR count). The Morgan fingerprint density at radius 1 is 1.50 bits per heavy atom. The van der Waals surface area contributed by atoms with Crippen molar-refractivity contribution in [2.45, 2.75) is 45.2 Å². The molecule has 1 aromatic heterocycles. The van der Waals surface area contributed by atoms with E-state index < -0.39 is 5.97 Å². The largest absolute Gasteiger partial charge is 0.481 e. The summed E-state index contributed by atoms with van der Waals surface area (Å²) >= 11 is 0. The van der Waals surface area contributed by atoms with E-state index in [2.05, 4.69) is 14.9 Å². The van der Waals surface area contributed by atoms with Gasteiger partial charge in [-0.2, -0.15) is 0 Å². The van der Waals surface area contributed by atoms with Crippen LogP contribution in [0.2, 0.25) is 0 Å². The topological polar surface area (TPSA) is 67.2 Å². The van der Waals surface area contributed by atoms with Gasteiger partial charge in [0, 0.05) is 31.5 Å². The van der Waals surface area contributed by atoms with Crippen LogP contribution in [0, 0.1) is 12.8 Å². The van der Waals surface area contributed by atoms with Gasteiger partial charge in [0.2, 0.25) is 0 Å². The van der Waals surface area contributed by atoms with Crippen molar-refractivity contribution in [2.24, 2.45) is 5.92 Å². The number of aryl methyl sites for hydroxylation is 1. The van der Waals surface area contributed by atoms with Crippen LogP contribution in [0.5, 0.6) is 0 Å². The first-order valence-corrected chi connectivity index (χ1v) is 6.60. The molecule has 100 valence electrons. The predicted octanol–water partition coefficient (Wildman–Crippen LogP) is 1.42. The highest BCUT2D eigenvalue weighted by Gasteiger charge is 2.25. The van der Waals surface area contributed by atoms with Crippen LogP contribution in [0.3, 0.4) is 0 Å². The van der Waals surface area contributed by atoms with E-state index >= 15 is 0 Å². The van der Waals surface area contributed by atoms with Crippen LogP contribution in [0.15, 0.2) is 12.4 Å². The molecular formula is C13H21N3O2. The van der Waals surface area contributed by atoms with E-state index in [-0.39, 0.29) is 5.92 Å². The zero-order valence-corrected chi connectivity index (χ0v) is 10.8. The molecule has 1 aromatic rings. The van der Waals surface area contributed by atoms with Crippen LogP contribution in [-0.4, -0.2) is 33.2 Å². The van der Waals surface area contributed by atoms with E-state index in [1.54, 1.807) is 0 Å². The van der Waals surface area contributed by atoms with Gasteiger partial charge in [0.05, 0.1) is 5.92 Å². The molecule has 5 heteroatoms. The van der Waals surface area contributed by atoms with E-state index in [9.17, 15) is 4.79 Å². The molecule has 0 unspecified atom stereocenters. The summed E-state index contributed by atoms with van der Waals surface area (Å²) in [6.07, 6.45) is 7.35. The number of aliphatic carboxylic acids is 1. The molecule has 0 aromatic carbocycles. The molecule has 1 heterocycles. The zero-order chi connectivity index (χ0) is 13.0. The Morgan fingerprint density at radius 3 is 2.78 bits per heavy atom. The molecular weight excluding hydrogens is 230 g/mol. The Hall–Kier alpha value is -1.36. The SMILES string of the molecule is Cc1nccn1CCNC1CCC(C(=O)O)CC1. The lowest BCUT2D eigenvalue weighted by atomic mass is 9.86. The number of aromatic nitrogens is 2. The van der Waals surface area contributed by atoms with Gasteiger partial charge in [-0.1, -0.05) is 0 Å². The monoisotopic (exact) mass is 251 g/mol. The predicted molar refractivity (Wildman–Crippen MR) is 68.3 cm³/mol. The Kier molecular flexibility index (Phi) is 4.36. The van der Waals surface area contributed by atoms with Crippen molar-refractivity contribution in [3.8, 4) is 0 Å². The van der Waals surface area contributed by atoms with Gasteiger partial charge in [0.25, 0.3) is 0 Å². The quantitative estimate of drug-likeness (QED) is 0.830. The third-order valence-corrected chi connectivity index (χ3v) is 3.79. The van der Waals surface area contributed by atoms with Gasteiger partial charge in [-0.25, -0.2) is 4.98 Å². The Morgan fingerprint density at radius 2 is 2.22 bits per heavy atom. The van der Waals surface area contributed by atoms with Gasteiger partial charge >= 0.3 is 5.97 Å². The number of nitrogens with zero attached hydrogens (tertiary/aromatic N) is 2. The second-order valence-electron chi connectivity index (χ2n) is 5.01. The lowest BCUT2D eigenvalue weighted by Crippen LogP contribution is -2.36. The summed E-state index contributed by atoms with van der Waals surface area (Å²) in [4.78, 5) is 15.0. The van der Waals surface area contributed by atoms with E-state index in [1.807, 2.05) is 19.3 Å². The highest BCUT2D eigenvalue weighted by atomic mass is 16.4. The number of nitrogens with one attached hydrogen (secondary N) is 1. The molecule has 0 amide bonds. The van der Waals surface area contributed by atoms with Crippen LogP contribution in [0.1, 0.15) is 31.5 Å². The standard InChI is InChI=1S/C13H21N3O2/c1-10-14-6-8-16(10)9-7-15-12-4-2-11(3-5-12)13(17)18/h6,8,11-12,15H,2-5,7,9H2,1H3,(H,17,18). The summed E-state index contributed by atoms with van der Waals surface area (Å²) in [5.41, 5.74) is 0. The maximum Gasteiger partial charge on any atom is 0.306 e. The summed E-state index contributed by atoms with van der Waals surface area (Å²) < 4.78 is 2.12. The van der Waals surface area contributed by atoms with Crippen molar-refractivity contribution in [1.29, 1.82) is 0 Å². The van der Waals surface area contributed by atoms with Crippen molar-refractivity contribution in [3.05, 3.63) is 18.2 Å². The van der Waals surface area contributed by atoms with E-state index in [4.69, 9.17) is 5.11 Å². The first kappa shape index (κ1) is 13.1. The highest BCUT2D eigenvalue weighted by Crippen LogP contribution is 2.24. The number of hydrogen-bond donors (Lipinski definition) is 2. The molecule has 1 fully saturated rings. The van der Waals surface area contributed by atoms with E-state index in [0.29, 0.717) is 6.04 Å². The Labute approximate surface area is 107 Å². The minimum absolute atomic E-state index is 0.126. The average Bonchev–Trinajstić information content (AvgIpc) is 2.76. The van der Waals surface area contributed by atoms with Gasteiger partial charge in [0.1, 0.15) is 5.82 Å². The third kappa shape index (κ3) is 3.32. The molecule has 0 saturated heterocycles. The van der Waals surface area contributed by atoms with Crippen LogP contribution >= 0.6 is 0 Å². The average molecular weight is 251 g/mol. The number of carboxylic acids is 1. The molecule has 0 aliphatic heterocycles. The number of rotatable bonds is 5. The second kappa shape index (κ2) is 6.00. The summed E-state index contributed by atoms with van der Waals surface area (Å²) in [6.45, 7) is 3.84. The van der Waals surface area contributed by atoms with Crippen molar-refractivity contribution < 1.29 is 9.90 Å². The lowest BCUT2D eigenvalue weighted by Gasteiger charge is -2.27. The van der Waals surface area contributed by atoms with Gasteiger partial charge in [-0.3, -0.25) is 4.79 Å². The molecule has 1 aliphatic carbocycles. The summed E-state index contributed by atoms with van der Waals surface area (Å²) in [7, 11) is 0. The van der Waals surface area contributed by atoms with Gasteiger partial charge in [0.15, 0.2) is 0 Å². The van der Waals surface area contributed by atoms with Gasteiger partial charge < -0.3 is 15.0 Å². The number of carboxylic acid groups (broad SMARTS) is 1. The van der Waals surface area contributed by atoms with Crippen molar-refractivity contribution in [2.75, 3.05) is 6.54 Å². The summed E-state index contributed by atoms with van der Waals surface area (Å²) in [5.74, 6) is 0.271. The minimum Gasteiger partial charge on any atom is -0.481 e. The van der Waals surface area contributed by atoms with Crippen molar-refractivity contribution in [1.82, 2.24) is 14.9 Å². The Bertz CT molecular complexity index is 395. The minimum atomic E-state index is -0.637. The molecule has 5 nitrogen and oxygen atoms in total. The molecule has 18 heavy (non-hydrogen) atoms. The smallest absolute Gasteiger partial charge is 0.306 e. The highest BCUT2D eigenvalue weighted by molar-refractivity contribution is 5.70. The van der Waals surface area contributed by atoms with E-state index in [1.165, 1.54) is 0 Å². The summed E-state index contributed by atoms with van der Waals surface area (Å²) in [5, 5.41) is 12.4. The van der Waals surface area contributed by atoms with Crippen molar-refractivity contribution >= 4 is 5.97 Å². The third-order valence-electron chi connectivity index (χ3n) is 3.79. The lowest BCUT2D eigenvalue weighted by molar-refractivity contribution is -0.142. The second-order valence-corrected chi connectivity index (χ2v) is 5.01.